The first-order valence-corrected chi connectivity index (χ1v) is 8.23. The zero-order valence-corrected chi connectivity index (χ0v) is 14.2. The number of ketones is 1. The smallest absolute Gasteiger partial charge is 0.387 e. The van der Waals surface area contributed by atoms with Crippen molar-refractivity contribution in [2.75, 3.05) is 11.1 Å². The molecule has 3 aromatic rings. The molecule has 0 saturated carbocycles. The van der Waals surface area contributed by atoms with E-state index in [4.69, 9.17) is 5.73 Å². The van der Waals surface area contributed by atoms with Gasteiger partial charge in [0, 0.05) is 17.3 Å². The molecule has 5 nitrogen and oxygen atoms in total. The van der Waals surface area contributed by atoms with E-state index in [2.05, 4.69) is 15.0 Å². The van der Waals surface area contributed by atoms with Gasteiger partial charge < -0.3 is 15.8 Å². The number of carbonyl (C=O) groups is 1. The molecule has 3 rings (SSSR count). The molecule has 3 N–H and O–H groups in total. The summed E-state index contributed by atoms with van der Waals surface area (Å²) in [5, 5.41) is 2.94. The molecule has 10 heteroatoms. The Balaban J connectivity index is 1.78. The van der Waals surface area contributed by atoms with Gasteiger partial charge >= 0.3 is 6.61 Å². The summed E-state index contributed by atoms with van der Waals surface area (Å²) < 4.78 is 54.8. The second-order valence-electron chi connectivity index (χ2n) is 5.22. The van der Waals surface area contributed by atoms with Gasteiger partial charge in [0.15, 0.2) is 16.8 Å². The van der Waals surface area contributed by atoms with Crippen molar-refractivity contribution in [3.05, 3.63) is 64.5 Å². The number of thiazole rings is 1. The number of benzene rings is 2. The molecule has 140 valence electrons. The fraction of sp³-hybridized carbons (Fsp3) is 0.0588. The van der Waals surface area contributed by atoms with Crippen LogP contribution in [0.25, 0.3) is 0 Å². The second kappa shape index (κ2) is 7.62. The Morgan fingerprint density at radius 2 is 1.81 bits per heavy atom. The molecule has 0 aliphatic carbocycles. The summed E-state index contributed by atoms with van der Waals surface area (Å²) >= 11 is 0.918. The molecular formula is C17H11F4N3O2S. The van der Waals surface area contributed by atoms with Gasteiger partial charge in [-0.15, -0.1) is 0 Å². The number of nitrogen functional groups attached to an aromatic ring is 1. The van der Waals surface area contributed by atoms with Crippen molar-refractivity contribution in [3.8, 4) is 5.75 Å². The number of aromatic nitrogens is 1. The molecule has 0 bridgehead atoms. The van der Waals surface area contributed by atoms with Gasteiger partial charge in [-0.05, 0) is 36.4 Å². The van der Waals surface area contributed by atoms with E-state index < -0.39 is 24.0 Å². The average Bonchev–Trinajstić information content (AvgIpc) is 2.98. The third-order valence-electron chi connectivity index (χ3n) is 3.37. The SMILES string of the molecule is Nc1nc(Nc2ccc(F)c(F)c2)sc1C(=O)c1ccc(OC(F)F)cc1. The van der Waals surface area contributed by atoms with E-state index in [1.54, 1.807) is 0 Å². The van der Waals surface area contributed by atoms with Crippen molar-refractivity contribution in [2.45, 2.75) is 6.61 Å². The lowest BCUT2D eigenvalue weighted by Crippen LogP contribution is -2.04. The number of carbonyl (C=O) groups excluding carboxylic acids is 1. The number of nitrogens with one attached hydrogen (secondary N) is 1. The van der Waals surface area contributed by atoms with Gasteiger partial charge in [-0.2, -0.15) is 8.78 Å². The monoisotopic (exact) mass is 397 g/mol. The Bertz CT molecular complexity index is 977. The lowest BCUT2D eigenvalue weighted by atomic mass is 10.1. The van der Waals surface area contributed by atoms with Gasteiger partial charge in [-0.1, -0.05) is 11.3 Å². The standard InChI is InChI=1S/C17H11F4N3O2S/c18-11-6-3-9(7-12(11)19)23-17-24-15(22)14(27-17)13(25)8-1-4-10(5-2-8)26-16(20)21/h1-7,16H,22H2,(H,23,24). The van der Waals surface area contributed by atoms with E-state index in [-0.39, 0.29) is 32.8 Å². The Kier molecular flexibility index (Phi) is 5.26. The summed E-state index contributed by atoms with van der Waals surface area (Å²) in [4.78, 5) is 16.6. The molecule has 0 aliphatic heterocycles. The maximum atomic E-state index is 13.3. The molecule has 0 aliphatic rings. The van der Waals surface area contributed by atoms with Gasteiger partial charge in [0.05, 0.1) is 0 Å². The van der Waals surface area contributed by atoms with Crippen LogP contribution < -0.4 is 15.8 Å². The number of hydrogen-bond acceptors (Lipinski definition) is 6. The highest BCUT2D eigenvalue weighted by Gasteiger charge is 2.19. The van der Waals surface area contributed by atoms with Gasteiger partial charge in [0.25, 0.3) is 0 Å². The quantitative estimate of drug-likeness (QED) is 0.470. The summed E-state index contributed by atoms with van der Waals surface area (Å²) in [6.45, 7) is -2.96. The van der Waals surface area contributed by atoms with Crippen LogP contribution in [0.3, 0.4) is 0 Å². The molecule has 27 heavy (non-hydrogen) atoms. The van der Waals surface area contributed by atoms with E-state index >= 15 is 0 Å². The number of nitrogens with two attached hydrogens (primary N) is 1. The fourth-order valence-electron chi connectivity index (χ4n) is 2.16. The fourth-order valence-corrected chi connectivity index (χ4v) is 3.03. The number of rotatable bonds is 6. The van der Waals surface area contributed by atoms with E-state index in [0.717, 1.165) is 23.5 Å². The summed E-state index contributed by atoms with van der Waals surface area (Å²) in [6.07, 6.45) is 0. The summed E-state index contributed by atoms with van der Waals surface area (Å²) in [5.74, 6) is -2.63. The molecule has 2 aromatic carbocycles. The van der Waals surface area contributed by atoms with E-state index in [1.807, 2.05) is 0 Å². The van der Waals surface area contributed by atoms with Crippen LogP contribution in [0.5, 0.6) is 5.75 Å². The summed E-state index contributed by atoms with van der Waals surface area (Å²) in [6, 6.07) is 8.30. The van der Waals surface area contributed by atoms with Crippen molar-refractivity contribution in [2.24, 2.45) is 0 Å². The second-order valence-corrected chi connectivity index (χ2v) is 6.22. The van der Waals surface area contributed by atoms with Gasteiger partial charge in [0.2, 0.25) is 5.78 Å². The largest absolute Gasteiger partial charge is 0.435 e. The first-order chi connectivity index (χ1) is 12.8. The first kappa shape index (κ1) is 18.6. The number of halogens is 4. The molecule has 0 radical (unpaired) electrons. The minimum Gasteiger partial charge on any atom is -0.435 e. The topological polar surface area (TPSA) is 77.2 Å². The highest BCUT2D eigenvalue weighted by molar-refractivity contribution is 7.18. The van der Waals surface area contributed by atoms with Crippen molar-refractivity contribution >= 4 is 33.8 Å². The zero-order valence-electron chi connectivity index (χ0n) is 13.4. The number of nitrogens with zero attached hydrogens (tertiary/aromatic N) is 1. The van der Waals surface area contributed by atoms with E-state index in [0.29, 0.717) is 0 Å². The minimum atomic E-state index is -2.96. The predicted octanol–water partition coefficient (Wildman–Crippen LogP) is 4.58. The van der Waals surface area contributed by atoms with Crippen molar-refractivity contribution < 1.29 is 27.1 Å². The van der Waals surface area contributed by atoms with Crippen molar-refractivity contribution in [3.63, 3.8) is 0 Å². The highest BCUT2D eigenvalue weighted by Crippen LogP contribution is 2.30. The predicted molar refractivity (Wildman–Crippen MR) is 92.7 cm³/mol. The summed E-state index contributed by atoms with van der Waals surface area (Å²) in [7, 11) is 0. The van der Waals surface area contributed by atoms with Crippen LogP contribution in [-0.2, 0) is 0 Å². The molecule has 0 atom stereocenters. The van der Waals surface area contributed by atoms with Crippen LogP contribution in [0.4, 0.5) is 34.2 Å². The Hall–Kier alpha value is -3.14. The molecule has 1 heterocycles. The molecule has 0 saturated heterocycles. The zero-order chi connectivity index (χ0) is 19.6. The maximum absolute atomic E-state index is 13.3. The van der Waals surface area contributed by atoms with Crippen LogP contribution in [0, 0.1) is 11.6 Å². The van der Waals surface area contributed by atoms with Crippen LogP contribution in [0.1, 0.15) is 15.2 Å². The number of alkyl halides is 2. The highest BCUT2D eigenvalue weighted by atomic mass is 32.1. The molecule has 0 spiro atoms. The summed E-state index contributed by atoms with van der Waals surface area (Å²) in [5.41, 5.74) is 6.20. The Morgan fingerprint density at radius 1 is 1.11 bits per heavy atom. The third-order valence-corrected chi connectivity index (χ3v) is 4.36. The first-order valence-electron chi connectivity index (χ1n) is 7.41. The number of hydrogen-bond donors (Lipinski definition) is 2. The Morgan fingerprint density at radius 3 is 2.44 bits per heavy atom. The van der Waals surface area contributed by atoms with Crippen LogP contribution in [0.2, 0.25) is 0 Å². The third kappa shape index (κ3) is 4.34. The average molecular weight is 397 g/mol. The molecule has 0 amide bonds. The Labute approximate surface area is 154 Å². The normalized spacial score (nSPS) is 10.9. The van der Waals surface area contributed by atoms with E-state index in [1.165, 1.54) is 30.3 Å². The lowest BCUT2D eigenvalue weighted by Gasteiger charge is -2.05. The van der Waals surface area contributed by atoms with Crippen molar-refractivity contribution in [1.82, 2.24) is 4.98 Å². The maximum Gasteiger partial charge on any atom is 0.387 e. The van der Waals surface area contributed by atoms with Crippen molar-refractivity contribution in [1.29, 1.82) is 0 Å². The van der Waals surface area contributed by atoms with Gasteiger partial charge in [0.1, 0.15) is 16.4 Å². The van der Waals surface area contributed by atoms with Gasteiger partial charge in [-0.3, -0.25) is 4.79 Å². The number of anilines is 3. The molecule has 0 fully saturated rings. The molecule has 1 aromatic heterocycles. The molecular weight excluding hydrogens is 386 g/mol. The minimum absolute atomic E-state index is 0.0528. The molecule has 0 unspecified atom stereocenters. The number of ether oxygens (including phenoxy) is 1. The van der Waals surface area contributed by atoms with Crippen LogP contribution in [-0.4, -0.2) is 17.4 Å². The van der Waals surface area contributed by atoms with Crippen LogP contribution in [0.15, 0.2) is 42.5 Å². The van der Waals surface area contributed by atoms with E-state index in [9.17, 15) is 22.4 Å². The van der Waals surface area contributed by atoms with Gasteiger partial charge in [-0.25, -0.2) is 13.8 Å². The lowest BCUT2D eigenvalue weighted by molar-refractivity contribution is -0.0498. The van der Waals surface area contributed by atoms with Crippen LogP contribution >= 0.6 is 11.3 Å².